The predicted octanol–water partition coefficient (Wildman–Crippen LogP) is -0.833. The molecule has 128 valence electrons. The summed E-state index contributed by atoms with van der Waals surface area (Å²) in [5.74, 6) is 0.604. The topological polar surface area (TPSA) is 62.3 Å². The van der Waals surface area contributed by atoms with Gasteiger partial charge in [-0.3, -0.25) is 14.5 Å². The zero-order valence-corrected chi connectivity index (χ0v) is 13.7. The maximum Gasteiger partial charge on any atom is 0.248 e. The highest BCUT2D eigenvalue weighted by Gasteiger charge is 2.57. The van der Waals surface area contributed by atoms with Crippen LogP contribution in [0.1, 0.15) is 12.8 Å². The number of hydrogen-bond acceptors (Lipinski definition) is 5. The van der Waals surface area contributed by atoms with Crippen LogP contribution >= 0.6 is 0 Å². The van der Waals surface area contributed by atoms with Crippen LogP contribution < -0.4 is 0 Å². The van der Waals surface area contributed by atoms with Gasteiger partial charge in [-0.1, -0.05) is 0 Å². The van der Waals surface area contributed by atoms with Crippen molar-refractivity contribution < 1.29 is 19.1 Å². The van der Waals surface area contributed by atoms with E-state index in [1.807, 2.05) is 9.80 Å². The van der Waals surface area contributed by atoms with E-state index in [9.17, 15) is 9.59 Å². The zero-order valence-electron chi connectivity index (χ0n) is 13.7. The fourth-order valence-electron chi connectivity index (χ4n) is 4.29. The highest BCUT2D eigenvalue weighted by molar-refractivity contribution is 5.82. The Bertz CT molecular complexity index is 502. The number of carbonyl (C=O) groups is 2. The van der Waals surface area contributed by atoms with Crippen molar-refractivity contribution in [2.75, 3.05) is 59.7 Å². The molecule has 1 unspecified atom stereocenters. The average molecular weight is 323 g/mol. The minimum atomic E-state index is -0.0827. The Morgan fingerprint density at radius 1 is 1.22 bits per heavy atom. The van der Waals surface area contributed by atoms with E-state index in [2.05, 4.69) is 4.90 Å². The molecule has 0 aromatic rings. The standard InChI is InChI=1S/C16H25N3O4/c1-22-8-14(20)17-6-13-7-23-5-4-19(13)16(9-17)10-18(11-16)15(21)12-2-3-12/h12-13H,2-11H2,1H3. The smallest absolute Gasteiger partial charge is 0.248 e. The Labute approximate surface area is 136 Å². The number of methoxy groups -OCH3 is 1. The van der Waals surface area contributed by atoms with Crippen LogP contribution in [0.4, 0.5) is 0 Å². The molecule has 4 aliphatic rings. The van der Waals surface area contributed by atoms with Crippen molar-refractivity contribution in [3.63, 3.8) is 0 Å². The molecule has 0 radical (unpaired) electrons. The molecule has 1 aliphatic carbocycles. The minimum absolute atomic E-state index is 0.0315. The Balaban J connectivity index is 1.49. The molecule has 3 heterocycles. The molecule has 1 spiro atoms. The second-order valence-electron chi connectivity index (χ2n) is 7.32. The highest BCUT2D eigenvalue weighted by Crippen LogP contribution is 2.39. The lowest BCUT2D eigenvalue weighted by atomic mass is 9.82. The number of ether oxygens (including phenoxy) is 2. The monoisotopic (exact) mass is 323 g/mol. The lowest BCUT2D eigenvalue weighted by Crippen LogP contribution is -2.81. The van der Waals surface area contributed by atoms with Crippen LogP contribution in [-0.4, -0.2) is 97.7 Å². The van der Waals surface area contributed by atoms with Crippen molar-refractivity contribution in [1.29, 1.82) is 0 Å². The third-order valence-electron chi connectivity index (χ3n) is 5.58. The third kappa shape index (κ3) is 2.64. The number of carbonyl (C=O) groups excluding carboxylic acids is 2. The molecule has 3 aliphatic heterocycles. The van der Waals surface area contributed by atoms with Crippen molar-refractivity contribution in [3.8, 4) is 0 Å². The van der Waals surface area contributed by atoms with Gasteiger partial charge < -0.3 is 19.3 Å². The summed E-state index contributed by atoms with van der Waals surface area (Å²) >= 11 is 0. The maximum absolute atomic E-state index is 12.3. The molecule has 0 N–H and O–H groups in total. The van der Waals surface area contributed by atoms with E-state index in [1.54, 1.807) is 7.11 Å². The number of amides is 2. The number of hydrogen-bond donors (Lipinski definition) is 0. The van der Waals surface area contributed by atoms with Crippen LogP contribution in [0.25, 0.3) is 0 Å². The average Bonchev–Trinajstić information content (AvgIpc) is 3.36. The van der Waals surface area contributed by atoms with E-state index in [-0.39, 0.29) is 30.0 Å². The molecule has 4 rings (SSSR count). The summed E-state index contributed by atoms with van der Waals surface area (Å²) in [5, 5.41) is 0. The van der Waals surface area contributed by atoms with Gasteiger partial charge in [0.25, 0.3) is 0 Å². The molecular formula is C16H25N3O4. The number of piperazine rings is 1. The van der Waals surface area contributed by atoms with E-state index < -0.39 is 0 Å². The molecule has 0 aromatic carbocycles. The van der Waals surface area contributed by atoms with E-state index >= 15 is 0 Å². The fourth-order valence-corrected chi connectivity index (χ4v) is 4.29. The quantitative estimate of drug-likeness (QED) is 0.678. The lowest BCUT2D eigenvalue weighted by Gasteiger charge is -2.63. The van der Waals surface area contributed by atoms with Crippen molar-refractivity contribution >= 4 is 11.8 Å². The molecular weight excluding hydrogens is 298 g/mol. The van der Waals surface area contributed by atoms with Gasteiger partial charge in [-0.15, -0.1) is 0 Å². The summed E-state index contributed by atoms with van der Waals surface area (Å²) in [5.41, 5.74) is -0.0827. The first-order chi connectivity index (χ1) is 11.1. The molecule has 4 fully saturated rings. The molecule has 1 atom stereocenters. The van der Waals surface area contributed by atoms with Gasteiger partial charge >= 0.3 is 0 Å². The van der Waals surface area contributed by atoms with Crippen LogP contribution in [0, 0.1) is 5.92 Å². The minimum Gasteiger partial charge on any atom is -0.378 e. The normalized spacial score (nSPS) is 30.0. The summed E-state index contributed by atoms with van der Waals surface area (Å²) in [6.07, 6.45) is 2.09. The molecule has 0 bridgehead atoms. The number of morpholine rings is 1. The Hall–Kier alpha value is -1.18. The first-order valence-corrected chi connectivity index (χ1v) is 8.53. The van der Waals surface area contributed by atoms with Crippen LogP contribution in [0.5, 0.6) is 0 Å². The summed E-state index contributed by atoms with van der Waals surface area (Å²) in [4.78, 5) is 30.9. The Morgan fingerprint density at radius 3 is 2.65 bits per heavy atom. The lowest BCUT2D eigenvalue weighted by molar-refractivity contribution is -0.183. The first-order valence-electron chi connectivity index (χ1n) is 8.53. The number of rotatable bonds is 3. The van der Waals surface area contributed by atoms with Crippen molar-refractivity contribution in [2.24, 2.45) is 5.92 Å². The molecule has 7 nitrogen and oxygen atoms in total. The highest BCUT2D eigenvalue weighted by atomic mass is 16.5. The van der Waals surface area contributed by atoms with E-state index in [1.165, 1.54) is 0 Å². The molecule has 0 aromatic heterocycles. The predicted molar refractivity (Wildman–Crippen MR) is 81.8 cm³/mol. The second kappa shape index (κ2) is 5.72. The molecule has 3 saturated heterocycles. The second-order valence-corrected chi connectivity index (χ2v) is 7.32. The maximum atomic E-state index is 12.3. The van der Waals surface area contributed by atoms with Gasteiger partial charge in [0.1, 0.15) is 6.61 Å². The van der Waals surface area contributed by atoms with Gasteiger partial charge in [0.2, 0.25) is 11.8 Å². The van der Waals surface area contributed by atoms with Crippen molar-refractivity contribution in [2.45, 2.75) is 24.4 Å². The summed E-state index contributed by atoms with van der Waals surface area (Å²) in [7, 11) is 1.55. The van der Waals surface area contributed by atoms with Crippen molar-refractivity contribution in [3.05, 3.63) is 0 Å². The van der Waals surface area contributed by atoms with Gasteiger partial charge in [0, 0.05) is 45.8 Å². The van der Waals surface area contributed by atoms with Gasteiger partial charge in [-0.05, 0) is 12.8 Å². The summed E-state index contributed by atoms with van der Waals surface area (Å²) in [6.45, 7) is 5.29. The van der Waals surface area contributed by atoms with Crippen LogP contribution in [0.2, 0.25) is 0 Å². The third-order valence-corrected chi connectivity index (χ3v) is 5.58. The van der Waals surface area contributed by atoms with Crippen LogP contribution in [0.15, 0.2) is 0 Å². The summed E-state index contributed by atoms with van der Waals surface area (Å²) in [6, 6.07) is 0.233. The van der Waals surface area contributed by atoms with Gasteiger partial charge in [-0.25, -0.2) is 0 Å². The zero-order chi connectivity index (χ0) is 16.0. The number of fused-ring (bicyclic) bond motifs is 2. The van der Waals surface area contributed by atoms with Crippen molar-refractivity contribution in [1.82, 2.24) is 14.7 Å². The molecule has 23 heavy (non-hydrogen) atoms. The van der Waals surface area contributed by atoms with Crippen LogP contribution in [-0.2, 0) is 19.1 Å². The van der Waals surface area contributed by atoms with Gasteiger partial charge in [0.05, 0.1) is 24.8 Å². The van der Waals surface area contributed by atoms with E-state index in [0.717, 1.165) is 39.1 Å². The van der Waals surface area contributed by atoms with Crippen LogP contribution in [0.3, 0.4) is 0 Å². The largest absolute Gasteiger partial charge is 0.378 e. The molecule has 2 amide bonds. The molecule has 1 saturated carbocycles. The van der Waals surface area contributed by atoms with Gasteiger partial charge in [-0.2, -0.15) is 0 Å². The van der Waals surface area contributed by atoms with Gasteiger partial charge in [0.15, 0.2) is 0 Å². The van der Waals surface area contributed by atoms with E-state index in [0.29, 0.717) is 25.6 Å². The summed E-state index contributed by atoms with van der Waals surface area (Å²) < 4.78 is 10.6. The molecule has 7 heteroatoms. The van der Waals surface area contributed by atoms with E-state index in [4.69, 9.17) is 9.47 Å². The Morgan fingerprint density at radius 2 is 1.96 bits per heavy atom. The fraction of sp³-hybridized carbons (Fsp3) is 0.875. The number of likely N-dealkylation sites (tertiary alicyclic amines) is 1. The number of nitrogens with zero attached hydrogens (tertiary/aromatic N) is 3. The Kier molecular flexibility index (Phi) is 3.82. The SMILES string of the molecule is COCC(=O)N1CC2COCCN2C2(C1)CN(C(=O)C1CC1)C2. The first kappa shape index (κ1) is 15.4.